The number of phenolic OH excluding ortho intramolecular Hbond substituents is 3. The molecule has 0 amide bonds. The summed E-state index contributed by atoms with van der Waals surface area (Å²) in [7, 11) is 0. The molecule has 4 aromatic rings. The van der Waals surface area contributed by atoms with Gasteiger partial charge in [0.15, 0.2) is 0 Å². The molecule has 0 bridgehead atoms. The van der Waals surface area contributed by atoms with Gasteiger partial charge in [-0.25, -0.2) is 0 Å². The van der Waals surface area contributed by atoms with Gasteiger partial charge in [0.25, 0.3) is 0 Å². The molecule has 62 heavy (non-hydrogen) atoms. The van der Waals surface area contributed by atoms with E-state index in [2.05, 4.69) is 129 Å². The maximum absolute atomic E-state index is 10.4. The molecule has 6 fully saturated rings. The van der Waals surface area contributed by atoms with Crippen LogP contribution in [0, 0.1) is 23.7 Å². The molecule has 4 aromatic carbocycles. The largest absolute Gasteiger partial charge is 0.507 e. The normalized spacial score (nSPS) is 20.9. The minimum Gasteiger partial charge on any atom is -0.507 e. The summed E-state index contributed by atoms with van der Waals surface area (Å²) in [6.45, 7) is 20.0. The third kappa shape index (κ3) is 11.5. The second-order valence-corrected chi connectivity index (χ2v) is 22.4. The van der Waals surface area contributed by atoms with Gasteiger partial charge in [-0.15, -0.1) is 0 Å². The number of aromatic hydroxyl groups is 3. The van der Waals surface area contributed by atoms with Crippen molar-refractivity contribution in [3.05, 3.63) is 127 Å². The number of para-hydroxylation sites is 4. The van der Waals surface area contributed by atoms with Crippen molar-refractivity contribution in [3.8, 4) is 23.0 Å². The lowest BCUT2D eigenvalue weighted by atomic mass is 9.89. The highest BCUT2D eigenvalue weighted by atomic mass is 79.9. The average Bonchev–Trinajstić information content (AvgIpc) is 4.04. The van der Waals surface area contributed by atoms with E-state index in [1.165, 1.54) is 105 Å². The van der Waals surface area contributed by atoms with E-state index < -0.39 is 0 Å². The van der Waals surface area contributed by atoms with Gasteiger partial charge in [0.2, 0.25) is 0 Å². The van der Waals surface area contributed by atoms with Gasteiger partial charge in [-0.2, -0.15) is 0 Å². The van der Waals surface area contributed by atoms with Gasteiger partial charge in [0.1, 0.15) is 29.6 Å². The topological polar surface area (TPSA) is 69.9 Å². The van der Waals surface area contributed by atoms with E-state index >= 15 is 0 Å². The number of halogens is 2. The number of ether oxygens (including phenoxy) is 1. The molecule has 0 spiro atoms. The molecule has 4 nitrogen and oxygen atoms in total. The Morgan fingerprint density at radius 3 is 1.23 bits per heavy atom. The number of phenols is 3. The summed E-state index contributed by atoms with van der Waals surface area (Å²) >= 11 is 6.91. The maximum Gasteiger partial charge on any atom is 0.137 e. The van der Waals surface area contributed by atoms with Crippen LogP contribution >= 0.6 is 31.9 Å². The third-order valence-electron chi connectivity index (χ3n) is 15.2. The quantitative estimate of drug-likeness (QED) is 0.117. The number of benzene rings is 4. The Bertz CT molecular complexity index is 2100. The van der Waals surface area contributed by atoms with Gasteiger partial charge in [-0.05, 0) is 214 Å². The van der Waals surface area contributed by atoms with Crippen LogP contribution in [0.4, 0.5) is 0 Å². The highest BCUT2D eigenvalue weighted by Crippen LogP contribution is 2.55. The van der Waals surface area contributed by atoms with Crippen molar-refractivity contribution in [2.45, 2.75) is 160 Å². The fraction of sp³-hybridized carbons (Fsp3) is 0.536. The van der Waals surface area contributed by atoms with Crippen LogP contribution in [0.3, 0.4) is 0 Å². The van der Waals surface area contributed by atoms with Crippen LogP contribution in [0.2, 0.25) is 0 Å². The van der Waals surface area contributed by atoms with E-state index in [-0.39, 0.29) is 10.8 Å². The second kappa shape index (κ2) is 19.5. The summed E-state index contributed by atoms with van der Waals surface area (Å²) in [5.41, 5.74) is 8.69. The predicted molar refractivity (Wildman–Crippen MR) is 264 cm³/mol. The van der Waals surface area contributed by atoms with Crippen molar-refractivity contribution in [1.29, 1.82) is 0 Å². The van der Waals surface area contributed by atoms with Crippen molar-refractivity contribution in [2.24, 2.45) is 23.7 Å². The standard InChI is InChI=1S/C15H19BrO.2C15H20O.C11H13BrO/c1-10(2)9-17-15-13(5-4-6-14(15)16)11(3)12-7-8-12;2*1-10(11-6-7-11)12-4-3-5-13(14(12)16)15(2)8-9-15;1-7(8-5-6-8)9-3-2-4-10(12)11(9)13/h4-6,11-12H,1,7-9H2,2-3H3;2*3-5,10-11,16H,6-9H2,1-2H3;2-4,7-8,13H,5-6H2,1H3. The SMILES string of the molecule is C=C(C)COc1c(Br)cccc1C(C)C1CC1.CC(c1cccc(Br)c1O)C1CC1.CC(c1cccc(C2(C)CC2)c1O)C1CC1.CC(c1cccc(C2(C)CC2)c1O)C1CC1. The minimum atomic E-state index is 0.267. The van der Waals surface area contributed by atoms with Gasteiger partial charge >= 0.3 is 0 Å². The minimum absolute atomic E-state index is 0.267. The zero-order valence-corrected chi connectivity index (χ0v) is 41.6. The van der Waals surface area contributed by atoms with Crippen LogP contribution in [-0.2, 0) is 10.8 Å². The van der Waals surface area contributed by atoms with Crippen molar-refractivity contribution in [1.82, 2.24) is 0 Å². The van der Waals surface area contributed by atoms with Crippen LogP contribution in [0.15, 0.2) is 93.9 Å². The first-order valence-corrected chi connectivity index (χ1v) is 25.3. The number of rotatable bonds is 13. The smallest absolute Gasteiger partial charge is 0.137 e. The van der Waals surface area contributed by atoms with Crippen molar-refractivity contribution < 1.29 is 20.1 Å². The Kier molecular flexibility index (Phi) is 14.7. The summed E-state index contributed by atoms with van der Waals surface area (Å²) < 4.78 is 7.73. The van der Waals surface area contributed by atoms with Crippen molar-refractivity contribution >= 4 is 31.9 Å². The highest BCUT2D eigenvalue weighted by molar-refractivity contribution is 9.11. The van der Waals surface area contributed by atoms with E-state index in [1.54, 1.807) is 0 Å². The zero-order valence-electron chi connectivity index (χ0n) is 38.5. The molecule has 6 aliphatic rings. The Morgan fingerprint density at radius 2 is 0.871 bits per heavy atom. The molecular formula is C56H72Br2O4. The molecule has 6 aliphatic carbocycles. The number of hydrogen-bond acceptors (Lipinski definition) is 4. The zero-order chi connectivity index (χ0) is 44.5. The Morgan fingerprint density at radius 1 is 0.548 bits per heavy atom. The first kappa shape index (κ1) is 46.8. The molecule has 10 rings (SSSR count). The lowest BCUT2D eigenvalue weighted by Gasteiger charge is -2.18. The second-order valence-electron chi connectivity index (χ2n) is 20.7. The first-order valence-electron chi connectivity index (χ1n) is 23.7. The molecule has 0 radical (unpaired) electrons. The lowest BCUT2D eigenvalue weighted by Crippen LogP contribution is -2.04. The molecule has 0 aliphatic heterocycles. The van der Waals surface area contributed by atoms with Gasteiger partial charge in [-0.3, -0.25) is 0 Å². The molecule has 334 valence electrons. The van der Waals surface area contributed by atoms with Gasteiger partial charge in [0.05, 0.1) is 8.95 Å². The molecular weight excluding hydrogens is 896 g/mol. The molecule has 0 aromatic heterocycles. The van der Waals surface area contributed by atoms with Crippen LogP contribution in [-0.4, -0.2) is 21.9 Å². The van der Waals surface area contributed by atoms with Crippen LogP contribution in [0.1, 0.15) is 183 Å². The molecule has 0 saturated heterocycles. The maximum atomic E-state index is 10.4. The van der Waals surface area contributed by atoms with Crippen LogP contribution in [0.25, 0.3) is 0 Å². The fourth-order valence-electron chi connectivity index (χ4n) is 9.28. The van der Waals surface area contributed by atoms with E-state index in [9.17, 15) is 15.3 Å². The van der Waals surface area contributed by atoms with Gasteiger partial charge < -0.3 is 20.1 Å². The monoisotopic (exact) mass is 966 g/mol. The Balaban J connectivity index is 0.000000125. The van der Waals surface area contributed by atoms with E-state index in [0.717, 1.165) is 49.5 Å². The molecule has 0 heterocycles. The molecule has 3 N–H and O–H groups in total. The van der Waals surface area contributed by atoms with Crippen molar-refractivity contribution in [3.63, 3.8) is 0 Å². The Hall–Kier alpha value is -3.22. The summed E-state index contributed by atoms with van der Waals surface area (Å²) in [5.74, 6) is 7.99. The number of hydrogen-bond donors (Lipinski definition) is 3. The lowest BCUT2D eigenvalue weighted by molar-refractivity contribution is 0.343. The van der Waals surface area contributed by atoms with Crippen LogP contribution in [0.5, 0.6) is 23.0 Å². The van der Waals surface area contributed by atoms with Gasteiger partial charge in [-0.1, -0.05) is 109 Å². The fourth-order valence-corrected chi connectivity index (χ4v) is 10.2. The van der Waals surface area contributed by atoms with Crippen LogP contribution < -0.4 is 4.74 Å². The molecule has 6 saturated carbocycles. The Labute approximate surface area is 390 Å². The predicted octanol–water partition coefficient (Wildman–Crippen LogP) is 16.5. The summed E-state index contributed by atoms with van der Waals surface area (Å²) in [6.07, 6.45) is 15.6. The van der Waals surface area contributed by atoms with E-state index in [4.69, 9.17) is 4.74 Å². The average molecular weight is 969 g/mol. The van der Waals surface area contributed by atoms with Crippen molar-refractivity contribution in [2.75, 3.05) is 6.61 Å². The molecule has 4 unspecified atom stereocenters. The first-order chi connectivity index (χ1) is 29.5. The summed E-state index contributed by atoms with van der Waals surface area (Å²) in [4.78, 5) is 0. The van der Waals surface area contributed by atoms with E-state index in [0.29, 0.717) is 47.5 Å². The molecule has 4 atom stereocenters. The highest BCUT2D eigenvalue weighted by Gasteiger charge is 2.43. The summed E-state index contributed by atoms with van der Waals surface area (Å²) in [5, 5.41) is 30.6. The third-order valence-corrected chi connectivity index (χ3v) is 16.5. The molecule has 6 heteroatoms. The van der Waals surface area contributed by atoms with Gasteiger partial charge in [0, 0.05) is 11.1 Å². The van der Waals surface area contributed by atoms with E-state index in [1.807, 2.05) is 31.2 Å². The summed E-state index contributed by atoms with van der Waals surface area (Å²) in [6, 6.07) is 24.8.